The van der Waals surface area contributed by atoms with E-state index in [-0.39, 0.29) is 5.91 Å². The Morgan fingerprint density at radius 2 is 1.77 bits per heavy atom. The third-order valence-electron chi connectivity index (χ3n) is 5.01. The van der Waals surface area contributed by atoms with Gasteiger partial charge in [-0.2, -0.15) is 0 Å². The predicted octanol–water partition coefficient (Wildman–Crippen LogP) is 4.59. The number of amides is 1. The molecule has 0 atom stereocenters. The summed E-state index contributed by atoms with van der Waals surface area (Å²) in [4.78, 5) is 17.7. The van der Waals surface area contributed by atoms with E-state index in [1.54, 1.807) is 25.3 Å². The molecule has 0 bridgehead atoms. The highest BCUT2D eigenvalue weighted by Crippen LogP contribution is 2.34. The third kappa shape index (κ3) is 3.90. The summed E-state index contributed by atoms with van der Waals surface area (Å²) in [7, 11) is 4.59. The molecule has 0 aliphatic rings. The number of carbonyl (C=O) groups is 1. The standard InChI is InChI=1S/C24H23N3O4/c1-15-10-11-27-14-19(25-22(27)12-15)16-8-9-20(29-2)18(13-16)26-24(28)17-6-5-7-21(30-3)23(17)31-4/h5-14H,1-4H3,(H,26,28). The summed E-state index contributed by atoms with van der Waals surface area (Å²) in [6.45, 7) is 2.03. The maximum absolute atomic E-state index is 13.0. The number of pyridine rings is 1. The van der Waals surface area contributed by atoms with E-state index in [1.807, 2.05) is 54.0 Å². The van der Waals surface area contributed by atoms with E-state index in [2.05, 4.69) is 5.32 Å². The van der Waals surface area contributed by atoms with Crippen molar-refractivity contribution in [2.24, 2.45) is 0 Å². The van der Waals surface area contributed by atoms with Crippen molar-refractivity contribution in [2.75, 3.05) is 26.6 Å². The molecule has 0 aliphatic heterocycles. The maximum atomic E-state index is 13.0. The van der Waals surface area contributed by atoms with Gasteiger partial charge in [-0.3, -0.25) is 4.79 Å². The highest BCUT2D eigenvalue weighted by atomic mass is 16.5. The lowest BCUT2D eigenvalue weighted by Crippen LogP contribution is -2.14. The first-order chi connectivity index (χ1) is 15.0. The number of methoxy groups -OCH3 is 3. The van der Waals surface area contributed by atoms with Crippen LogP contribution in [0, 0.1) is 6.92 Å². The molecule has 0 spiro atoms. The molecule has 4 aromatic rings. The number of aryl methyl sites for hydroxylation is 1. The van der Waals surface area contributed by atoms with Gasteiger partial charge >= 0.3 is 0 Å². The van der Waals surface area contributed by atoms with Crippen molar-refractivity contribution in [2.45, 2.75) is 6.92 Å². The van der Waals surface area contributed by atoms with Crippen LogP contribution in [0.1, 0.15) is 15.9 Å². The Morgan fingerprint density at radius 3 is 2.52 bits per heavy atom. The van der Waals surface area contributed by atoms with Gasteiger partial charge in [0.25, 0.3) is 5.91 Å². The lowest BCUT2D eigenvalue weighted by molar-refractivity contribution is 0.102. The van der Waals surface area contributed by atoms with Gasteiger partial charge in [-0.05, 0) is 55.0 Å². The smallest absolute Gasteiger partial charge is 0.259 e. The maximum Gasteiger partial charge on any atom is 0.259 e. The Labute approximate surface area is 180 Å². The molecule has 0 aliphatic carbocycles. The molecule has 2 aromatic heterocycles. The molecule has 7 nitrogen and oxygen atoms in total. The highest BCUT2D eigenvalue weighted by molar-refractivity contribution is 6.07. The SMILES string of the molecule is COc1ccc(-c2cn3ccc(C)cc3n2)cc1NC(=O)c1cccc(OC)c1OC. The topological polar surface area (TPSA) is 74.1 Å². The van der Waals surface area contributed by atoms with Gasteiger partial charge in [-0.15, -0.1) is 0 Å². The molecule has 2 heterocycles. The van der Waals surface area contributed by atoms with Crippen LogP contribution in [0.25, 0.3) is 16.9 Å². The van der Waals surface area contributed by atoms with Crippen LogP contribution in [0.4, 0.5) is 5.69 Å². The van der Waals surface area contributed by atoms with Gasteiger partial charge in [-0.1, -0.05) is 6.07 Å². The second-order valence-corrected chi connectivity index (χ2v) is 7.01. The van der Waals surface area contributed by atoms with E-state index in [0.29, 0.717) is 28.5 Å². The first-order valence-electron chi connectivity index (χ1n) is 9.70. The van der Waals surface area contributed by atoms with E-state index >= 15 is 0 Å². The second-order valence-electron chi connectivity index (χ2n) is 7.01. The number of para-hydroxylation sites is 1. The quantitative estimate of drug-likeness (QED) is 0.497. The number of aromatic nitrogens is 2. The average molecular weight is 417 g/mol. The van der Waals surface area contributed by atoms with Crippen molar-refractivity contribution in [1.82, 2.24) is 9.38 Å². The van der Waals surface area contributed by atoms with E-state index in [4.69, 9.17) is 19.2 Å². The fourth-order valence-corrected chi connectivity index (χ4v) is 3.44. The molecule has 0 saturated heterocycles. The number of anilines is 1. The van der Waals surface area contributed by atoms with Gasteiger partial charge < -0.3 is 23.9 Å². The minimum absolute atomic E-state index is 0.336. The Morgan fingerprint density at radius 1 is 0.968 bits per heavy atom. The van der Waals surface area contributed by atoms with Crippen molar-refractivity contribution in [3.05, 3.63) is 72.1 Å². The minimum Gasteiger partial charge on any atom is -0.495 e. The fraction of sp³-hybridized carbons (Fsp3) is 0.167. The lowest BCUT2D eigenvalue weighted by Gasteiger charge is -2.14. The van der Waals surface area contributed by atoms with Crippen molar-refractivity contribution in [3.8, 4) is 28.5 Å². The third-order valence-corrected chi connectivity index (χ3v) is 5.01. The molecule has 0 radical (unpaired) electrons. The van der Waals surface area contributed by atoms with Crippen LogP contribution in [0.5, 0.6) is 17.2 Å². The zero-order chi connectivity index (χ0) is 22.0. The zero-order valence-electron chi connectivity index (χ0n) is 17.8. The first-order valence-corrected chi connectivity index (χ1v) is 9.70. The second kappa shape index (κ2) is 8.39. The Balaban J connectivity index is 1.70. The van der Waals surface area contributed by atoms with E-state index in [1.165, 1.54) is 14.2 Å². The molecule has 0 saturated carbocycles. The van der Waals surface area contributed by atoms with Crippen LogP contribution in [-0.4, -0.2) is 36.6 Å². The number of nitrogens with zero attached hydrogens (tertiary/aromatic N) is 2. The number of benzene rings is 2. The molecule has 0 fully saturated rings. The number of ether oxygens (including phenoxy) is 3. The summed E-state index contributed by atoms with van der Waals surface area (Å²) >= 11 is 0. The predicted molar refractivity (Wildman–Crippen MR) is 119 cm³/mol. The molecule has 2 aromatic carbocycles. The number of imidazole rings is 1. The molecule has 31 heavy (non-hydrogen) atoms. The van der Waals surface area contributed by atoms with Gasteiger partial charge in [-0.25, -0.2) is 4.98 Å². The molecular formula is C24H23N3O4. The van der Waals surface area contributed by atoms with Crippen molar-refractivity contribution in [3.63, 3.8) is 0 Å². The summed E-state index contributed by atoms with van der Waals surface area (Å²) in [6.07, 6.45) is 3.93. The average Bonchev–Trinajstić information content (AvgIpc) is 3.21. The monoisotopic (exact) mass is 417 g/mol. The summed E-state index contributed by atoms with van der Waals surface area (Å²) in [6, 6.07) is 14.8. The molecular weight excluding hydrogens is 394 g/mol. The number of rotatable bonds is 6. The Kier molecular flexibility index (Phi) is 5.49. The Bertz CT molecular complexity index is 1260. The lowest BCUT2D eigenvalue weighted by atomic mass is 10.1. The molecule has 7 heteroatoms. The number of fused-ring (bicyclic) bond motifs is 1. The molecule has 4 rings (SSSR count). The number of carbonyl (C=O) groups excluding carboxylic acids is 1. The van der Waals surface area contributed by atoms with Crippen LogP contribution in [0.3, 0.4) is 0 Å². The minimum atomic E-state index is -0.336. The van der Waals surface area contributed by atoms with Gasteiger partial charge in [0, 0.05) is 18.0 Å². The molecule has 1 amide bonds. The summed E-state index contributed by atoms with van der Waals surface area (Å²) in [5.74, 6) is 1.06. The van der Waals surface area contributed by atoms with Crippen LogP contribution < -0.4 is 19.5 Å². The number of nitrogens with one attached hydrogen (secondary N) is 1. The van der Waals surface area contributed by atoms with E-state index in [9.17, 15) is 4.79 Å². The van der Waals surface area contributed by atoms with Crippen LogP contribution in [0.15, 0.2) is 60.9 Å². The number of hydrogen-bond acceptors (Lipinski definition) is 5. The highest BCUT2D eigenvalue weighted by Gasteiger charge is 2.18. The molecule has 1 N–H and O–H groups in total. The van der Waals surface area contributed by atoms with E-state index < -0.39 is 0 Å². The van der Waals surface area contributed by atoms with Gasteiger partial charge in [0.2, 0.25) is 0 Å². The summed E-state index contributed by atoms with van der Waals surface area (Å²) in [5, 5.41) is 2.92. The van der Waals surface area contributed by atoms with Crippen LogP contribution in [-0.2, 0) is 0 Å². The summed E-state index contributed by atoms with van der Waals surface area (Å²) < 4.78 is 18.1. The number of hydrogen-bond donors (Lipinski definition) is 1. The normalized spacial score (nSPS) is 10.7. The van der Waals surface area contributed by atoms with Gasteiger partial charge in [0.15, 0.2) is 11.5 Å². The largest absolute Gasteiger partial charge is 0.495 e. The van der Waals surface area contributed by atoms with Gasteiger partial charge in [0.05, 0.1) is 38.3 Å². The van der Waals surface area contributed by atoms with Crippen molar-refractivity contribution in [1.29, 1.82) is 0 Å². The zero-order valence-corrected chi connectivity index (χ0v) is 17.8. The molecule has 158 valence electrons. The van der Waals surface area contributed by atoms with Crippen molar-refractivity contribution < 1.29 is 19.0 Å². The summed E-state index contributed by atoms with van der Waals surface area (Å²) in [5.41, 5.74) is 4.54. The van der Waals surface area contributed by atoms with Crippen LogP contribution >= 0.6 is 0 Å². The molecule has 0 unspecified atom stereocenters. The first kappa shape index (κ1) is 20.3. The Hall–Kier alpha value is -4.00. The van der Waals surface area contributed by atoms with E-state index in [0.717, 1.165) is 22.5 Å². The van der Waals surface area contributed by atoms with Crippen molar-refractivity contribution >= 4 is 17.2 Å². The van der Waals surface area contributed by atoms with Gasteiger partial charge in [0.1, 0.15) is 11.4 Å². The fourth-order valence-electron chi connectivity index (χ4n) is 3.44. The van der Waals surface area contributed by atoms with Crippen LogP contribution in [0.2, 0.25) is 0 Å².